The summed E-state index contributed by atoms with van der Waals surface area (Å²) < 4.78 is 5.37. The van der Waals surface area contributed by atoms with Gasteiger partial charge in [0.05, 0.1) is 5.92 Å². The summed E-state index contributed by atoms with van der Waals surface area (Å²) in [7, 11) is 0. The molecule has 0 amide bonds. The van der Waals surface area contributed by atoms with Gasteiger partial charge in [0.2, 0.25) is 0 Å². The average Bonchev–Trinajstić information content (AvgIpc) is 2.40. The lowest BCUT2D eigenvalue weighted by molar-refractivity contribution is -0.155. The molecule has 1 aromatic carbocycles. The molecule has 3 nitrogen and oxygen atoms in total. The van der Waals surface area contributed by atoms with Crippen LogP contribution in [0.15, 0.2) is 30.3 Å². The van der Waals surface area contributed by atoms with Gasteiger partial charge in [0.1, 0.15) is 6.61 Å². The third kappa shape index (κ3) is 3.57. The van der Waals surface area contributed by atoms with Crippen LogP contribution >= 0.6 is 0 Å². The first-order valence-corrected chi connectivity index (χ1v) is 7.19. The Labute approximate surface area is 115 Å². The molecule has 19 heavy (non-hydrogen) atoms. The molecule has 1 aromatic rings. The number of nitrogens with zero attached hydrogens (tertiary/aromatic N) is 1. The molecule has 0 atom stereocenters. The van der Waals surface area contributed by atoms with Crippen molar-refractivity contribution in [2.45, 2.75) is 39.3 Å². The third-order valence-electron chi connectivity index (χ3n) is 4.00. The lowest BCUT2D eigenvalue weighted by Crippen LogP contribution is -2.47. The second-order valence-electron chi connectivity index (χ2n) is 5.14. The monoisotopic (exact) mass is 261 g/mol. The van der Waals surface area contributed by atoms with Crippen molar-refractivity contribution in [2.24, 2.45) is 5.92 Å². The molecule has 2 rings (SSSR count). The predicted octanol–water partition coefficient (Wildman–Crippen LogP) is 2.85. The van der Waals surface area contributed by atoms with Gasteiger partial charge in [0.15, 0.2) is 0 Å². The number of ether oxygens (including phenoxy) is 1. The Morgan fingerprint density at radius 1 is 1.21 bits per heavy atom. The van der Waals surface area contributed by atoms with Crippen molar-refractivity contribution in [1.82, 2.24) is 4.90 Å². The van der Waals surface area contributed by atoms with Crippen LogP contribution in [0.2, 0.25) is 0 Å². The van der Waals surface area contributed by atoms with Crippen molar-refractivity contribution in [2.75, 3.05) is 13.1 Å². The fourth-order valence-electron chi connectivity index (χ4n) is 2.66. The number of rotatable bonds is 6. The van der Waals surface area contributed by atoms with E-state index in [2.05, 4.69) is 18.7 Å². The molecule has 0 radical (unpaired) electrons. The highest BCUT2D eigenvalue weighted by Crippen LogP contribution is 2.32. The van der Waals surface area contributed by atoms with Gasteiger partial charge in [-0.2, -0.15) is 0 Å². The van der Waals surface area contributed by atoms with E-state index in [1.807, 2.05) is 30.3 Å². The second-order valence-corrected chi connectivity index (χ2v) is 5.14. The van der Waals surface area contributed by atoms with Crippen LogP contribution in [0, 0.1) is 5.92 Å². The summed E-state index contributed by atoms with van der Waals surface area (Å²) in [6.45, 7) is 6.86. The summed E-state index contributed by atoms with van der Waals surface area (Å²) in [6, 6.07) is 10.4. The highest BCUT2D eigenvalue weighted by Gasteiger charge is 2.37. The van der Waals surface area contributed by atoms with Gasteiger partial charge in [-0.1, -0.05) is 44.2 Å². The van der Waals surface area contributed by atoms with Crippen molar-refractivity contribution in [3.8, 4) is 0 Å². The summed E-state index contributed by atoms with van der Waals surface area (Å²) in [5.41, 5.74) is 1.05. The molecule has 0 unspecified atom stereocenters. The zero-order valence-electron chi connectivity index (χ0n) is 11.8. The fourth-order valence-corrected chi connectivity index (χ4v) is 2.66. The van der Waals surface area contributed by atoms with Crippen LogP contribution in [-0.4, -0.2) is 30.0 Å². The SMILES string of the molecule is CCN(CC)C1CC(C(=O)OCc2ccccc2)C1. The van der Waals surface area contributed by atoms with Gasteiger partial charge < -0.3 is 9.64 Å². The van der Waals surface area contributed by atoms with E-state index < -0.39 is 0 Å². The van der Waals surface area contributed by atoms with Crippen molar-refractivity contribution < 1.29 is 9.53 Å². The smallest absolute Gasteiger partial charge is 0.309 e. The Morgan fingerprint density at radius 2 is 1.84 bits per heavy atom. The van der Waals surface area contributed by atoms with Gasteiger partial charge in [-0.15, -0.1) is 0 Å². The number of carbonyl (C=O) groups is 1. The van der Waals surface area contributed by atoms with Crippen molar-refractivity contribution in [3.05, 3.63) is 35.9 Å². The molecule has 1 fully saturated rings. The van der Waals surface area contributed by atoms with Gasteiger partial charge in [-0.3, -0.25) is 4.79 Å². The van der Waals surface area contributed by atoms with Crippen LogP contribution in [0.25, 0.3) is 0 Å². The van der Waals surface area contributed by atoms with E-state index in [0.717, 1.165) is 31.5 Å². The minimum atomic E-state index is -0.0349. The Bertz CT molecular complexity index is 394. The molecule has 0 aromatic heterocycles. The molecule has 0 spiro atoms. The number of hydrogen-bond acceptors (Lipinski definition) is 3. The molecule has 0 heterocycles. The van der Waals surface area contributed by atoms with Crippen LogP contribution in [0.3, 0.4) is 0 Å². The topological polar surface area (TPSA) is 29.5 Å². The van der Waals surface area contributed by atoms with Gasteiger partial charge in [-0.05, 0) is 31.5 Å². The number of benzene rings is 1. The first-order valence-electron chi connectivity index (χ1n) is 7.19. The minimum Gasteiger partial charge on any atom is -0.461 e. The second kappa shape index (κ2) is 6.71. The van der Waals surface area contributed by atoms with E-state index >= 15 is 0 Å². The molecule has 1 saturated carbocycles. The molecule has 104 valence electrons. The highest BCUT2D eigenvalue weighted by molar-refractivity contribution is 5.73. The van der Waals surface area contributed by atoms with E-state index in [1.165, 1.54) is 0 Å². The summed E-state index contributed by atoms with van der Waals surface area (Å²) >= 11 is 0. The largest absolute Gasteiger partial charge is 0.461 e. The molecule has 1 aliphatic carbocycles. The third-order valence-corrected chi connectivity index (χ3v) is 4.00. The standard InChI is InChI=1S/C16H23NO2/c1-3-17(4-2)15-10-14(11-15)16(18)19-12-13-8-6-5-7-9-13/h5-9,14-15H,3-4,10-12H2,1-2H3. The molecule has 3 heteroatoms. The lowest BCUT2D eigenvalue weighted by Gasteiger charge is -2.40. The normalized spacial score (nSPS) is 22.1. The van der Waals surface area contributed by atoms with Gasteiger partial charge in [0.25, 0.3) is 0 Å². The maximum absolute atomic E-state index is 11.9. The lowest BCUT2D eigenvalue weighted by atomic mass is 9.79. The molecule has 0 bridgehead atoms. The Morgan fingerprint density at radius 3 is 2.42 bits per heavy atom. The predicted molar refractivity (Wildman–Crippen MR) is 75.7 cm³/mol. The summed E-state index contributed by atoms with van der Waals surface area (Å²) in [4.78, 5) is 14.3. The van der Waals surface area contributed by atoms with Crippen LogP contribution in [0.1, 0.15) is 32.3 Å². The van der Waals surface area contributed by atoms with Crippen molar-refractivity contribution in [3.63, 3.8) is 0 Å². The van der Waals surface area contributed by atoms with Crippen LogP contribution in [-0.2, 0) is 16.1 Å². The molecule has 0 N–H and O–H groups in total. The number of esters is 1. The van der Waals surface area contributed by atoms with Crippen molar-refractivity contribution >= 4 is 5.97 Å². The van der Waals surface area contributed by atoms with Crippen LogP contribution in [0.4, 0.5) is 0 Å². The zero-order valence-corrected chi connectivity index (χ0v) is 11.8. The zero-order chi connectivity index (χ0) is 13.7. The van der Waals surface area contributed by atoms with Crippen molar-refractivity contribution in [1.29, 1.82) is 0 Å². The molecule has 0 saturated heterocycles. The number of hydrogen-bond donors (Lipinski definition) is 0. The summed E-state index contributed by atoms with van der Waals surface area (Å²) in [5, 5.41) is 0. The van der Waals surface area contributed by atoms with Gasteiger partial charge >= 0.3 is 5.97 Å². The van der Waals surface area contributed by atoms with E-state index in [9.17, 15) is 4.79 Å². The van der Waals surface area contributed by atoms with E-state index in [1.54, 1.807) is 0 Å². The fraction of sp³-hybridized carbons (Fsp3) is 0.562. The maximum atomic E-state index is 11.9. The minimum absolute atomic E-state index is 0.0349. The summed E-state index contributed by atoms with van der Waals surface area (Å²) in [6.07, 6.45) is 1.91. The van der Waals surface area contributed by atoms with E-state index in [-0.39, 0.29) is 11.9 Å². The molecule has 1 aliphatic rings. The first kappa shape index (κ1) is 14.1. The van der Waals surface area contributed by atoms with Gasteiger partial charge in [-0.25, -0.2) is 0 Å². The van der Waals surface area contributed by atoms with Gasteiger partial charge in [0, 0.05) is 6.04 Å². The van der Waals surface area contributed by atoms with Crippen LogP contribution in [0.5, 0.6) is 0 Å². The Balaban J connectivity index is 1.72. The molecular formula is C16H23NO2. The molecular weight excluding hydrogens is 238 g/mol. The Kier molecular flexibility index (Phi) is 4.97. The first-order chi connectivity index (χ1) is 9.24. The highest BCUT2D eigenvalue weighted by atomic mass is 16.5. The molecule has 0 aliphatic heterocycles. The number of carbonyl (C=O) groups excluding carboxylic acids is 1. The quantitative estimate of drug-likeness (QED) is 0.737. The maximum Gasteiger partial charge on any atom is 0.309 e. The van der Waals surface area contributed by atoms with E-state index in [0.29, 0.717) is 12.6 Å². The van der Waals surface area contributed by atoms with Crippen LogP contribution < -0.4 is 0 Å². The average molecular weight is 261 g/mol. The summed E-state index contributed by atoms with van der Waals surface area (Å²) in [5.74, 6) is 0.0709. The Hall–Kier alpha value is -1.35. The van der Waals surface area contributed by atoms with E-state index in [4.69, 9.17) is 4.74 Å².